The second-order valence-electron chi connectivity index (χ2n) is 6.49. The Morgan fingerprint density at radius 1 is 0.967 bits per heavy atom. The molecule has 0 fully saturated rings. The number of aromatic nitrogens is 1. The van der Waals surface area contributed by atoms with Gasteiger partial charge in [-0.2, -0.15) is 4.57 Å². The number of carbonyl (C=O) groups is 1. The standard InChI is InChI=1S/C23H26NO5.BrH/c1-5-29-22(25)15-24-11-10-17-8-6-7-9-18(17)19(24)12-16-13-20(26-2)23(28-4)21(14-16)27-3;/h6-11,13-14H,5,12,15H2,1-4H3;1H/q+1;/p-1. The van der Waals surface area contributed by atoms with E-state index in [0.717, 1.165) is 22.0 Å². The summed E-state index contributed by atoms with van der Waals surface area (Å²) >= 11 is 0. The zero-order chi connectivity index (χ0) is 20.8. The van der Waals surface area contributed by atoms with Crippen LogP contribution in [0, 0.1) is 0 Å². The summed E-state index contributed by atoms with van der Waals surface area (Å²) in [5.41, 5.74) is 1.99. The molecule has 0 radical (unpaired) electrons. The van der Waals surface area contributed by atoms with Crippen LogP contribution in [0.25, 0.3) is 10.8 Å². The van der Waals surface area contributed by atoms with E-state index in [-0.39, 0.29) is 29.5 Å². The molecule has 0 saturated carbocycles. The van der Waals surface area contributed by atoms with E-state index in [1.165, 1.54) is 0 Å². The van der Waals surface area contributed by atoms with Crippen LogP contribution in [0.3, 0.4) is 0 Å². The average molecular weight is 476 g/mol. The zero-order valence-corrected chi connectivity index (χ0v) is 19.2. The van der Waals surface area contributed by atoms with E-state index in [1.807, 2.05) is 41.1 Å². The maximum Gasteiger partial charge on any atom is 0.372 e. The van der Waals surface area contributed by atoms with Gasteiger partial charge in [0.2, 0.25) is 12.3 Å². The molecule has 0 aliphatic carbocycles. The zero-order valence-electron chi connectivity index (χ0n) is 17.6. The van der Waals surface area contributed by atoms with Crippen molar-refractivity contribution < 1.29 is 45.3 Å². The molecule has 0 aliphatic rings. The largest absolute Gasteiger partial charge is 1.00 e. The first kappa shape index (κ1) is 23.5. The summed E-state index contributed by atoms with van der Waals surface area (Å²) < 4.78 is 23.5. The first-order valence-electron chi connectivity index (χ1n) is 9.45. The van der Waals surface area contributed by atoms with Crippen LogP contribution in [0.1, 0.15) is 18.2 Å². The minimum absolute atomic E-state index is 0. The summed E-state index contributed by atoms with van der Waals surface area (Å²) in [7, 11) is 4.78. The number of pyridine rings is 1. The number of ether oxygens (including phenoxy) is 4. The SMILES string of the molecule is CCOC(=O)C[n+]1ccc2ccccc2c1Cc1cc(OC)c(OC)c(OC)c1.[Br-]. The van der Waals surface area contributed by atoms with Crippen molar-refractivity contribution in [3.8, 4) is 17.2 Å². The lowest BCUT2D eigenvalue weighted by atomic mass is 10.0. The van der Waals surface area contributed by atoms with Gasteiger partial charge in [0.15, 0.2) is 23.4 Å². The maximum absolute atomic E-state index is 12.1. The van der Waals surface area contributed by atoms with Gasteiger partial charge in [0.1, 0.15) is 0 Å². The van der Waals surface area contributed by atoms with E-state index in [9.17, 15) is 4.79 Å². The van der Waals surface area contributed by atoms with Gasteiger partial charge >= 0.3 is 5.97 Å². The van der Waals surface area contributed by atoms with E-state index in [1.54, 1.807) is 28.3 Å². The number of halogens is 1. The lowest BCUT2D eigenvalue weighted by molar-refractivity contribution is -0.691. The van der Waals surface area contributed by atoms with Gasteiger partial charge in [-0.3, -0.25) is 0 Å². The number of hydrogen-bond acceptors (Lipinski definition) is 5. The van der Waals surface area contributed by atoms with Gasteiger partial charge in [-0.25, -0.2) is 4.79 Å². The Bertz CT molecular complexity index is 997. The van der Waals surface area contributed by atoms with E-state index in [0.29, 0.717) is 30.3 Å². The molecule has 30 heavy (non-hydrogen) atoms. The topological polar surface area (TPSA) is 57.9 Å². The molecule has 0 spiro atoms. The Morgan fingerprint density at radius 3 is 2.23 bits per heavy atom. The third-order valence-electron chi connectivity index (χ3n) is 4.75. The maximum atomic E-state index is 12.1. The number of rotatable bonds is 8. The molecule has 1 aromatic heterocycles. The number of carbonyl (C=O) groups excluding carboxylic acids is 1. The van der Waals surface area contributed by atoms with Gasteiger partial charge in [-0.1, -0.05) is 18.2 Å². The monoisotopic (exact) mass is 475 g/mol. The minimum Gasteiger partial charge on any atom is -1.00 e. The smallest absolute Gasteiger partial charge is 0.372 e. The number of nitrogens with zero attached hydrogens (tertiary/aromatic N) is 1. The van der Waals surface area contributed by atoms with Crippen LogP contribution >= 0.6 is 0 Å². The molecular weight excluding hydrogens is 450 g/mol. The molecule has 0 bridgehead atoms. The Morgan fingerprint density at radius 2 is 1.63 bits per heavy atom. The van der Waals surface area contributed by atoms with Crippen LogP contribution in [-0.4, -0.2) is 33.9 Å². The molecule has 0 saturated heterocycles. The molecule has 0 amide bonds. The van der Waals surface area contributed by atoms with Crippen molar-refractivity contribution in [2.24, 2.45) is 0 Å². The van der Waals surface area contributed by atoms with Crippen LogP contribution in [-0.2, 0) is 22.5 Å². The highest BCUT2D eigenvalue weighted by atomic mass is 79.9. The van der Waals surface area contributed by atoms with Crippen molar-refractivity contribution >= 4 is 16.7 Å². The average Bonchev–Trinajstić information content (AvgIpc) is 2.74. The van der Waals surface area contributed by atoms with Gasteiger partial charge in [0, 0.05) is 11.5 Å². The van der Waals surface area contributed by atoms with E-state index >= 15 is 0 Å². The van der Waals surface area contributed by atoms with Gasteiger partial charge in [0.05, 0.1) is 34.4 Å². The fourth-order valence-electron chi connectivity index (χ4n) is 3.44. The van der Waals surface area contributed by atoms with Crippen molar-refractivity contribution in [1.82, 2.24) is 0 Å². The number of methoxy groups -OCH3 is 3. The molecule has 7 heteroatoms. The van der Waals surface area contributed by atoms with Crippen LogP contribution in [0.15, 0.2) is 48.7 Å². The first-order chi connectivity index (χ1) is 14.1. The fourth-order valence-corrected chi connectivity index (χ4v) is 3.44. The lowest BCUT2D eigenvalue weighted by Crippen LogP contribution is -3.00. The van der Waals surface area contributed by atoms with Crippen molar-refractivity contribution in [1.29, 1.82) is 0 Å². The lowest BCUT2D eigenvalue weighted by Gasteiger charge is -2.14. The summed E-state index contributed by atoms with van der Waals surface area (Å²) in [6.07, 6.45) is 2.50. The van der Waals surface area contributed by atoms with Crippen molar-refractivity contribution in [2.45, 2.75) is 19.9 Å². The predicted octanol–water partition coefficient (Wildman–Crippen LogP) is 0.311. The number of esters is 1. The summed E-state index contributed by atoms with van der Waals surface area (Å²) in [4.78, 5) is 12.1. The second kappa shape index (κ2) is 10.8. The molecule has 6 nitrogen and oxygen atoms in total. The van der Waals surface area contributed by atoms with Gasteiger partial charge in [0.25, 0.3) is 0 Å². The first-order valence-corrected chi connectivity index (χ1v) is 9.45. The summed E-state index contributed by atoms with van der Waals surface area (Å²) in [5.74, 6) is 1.48. The second-order valence-corrected chi connectivity index (χ2v) is 6.49. The molecule has 0 aliphatic heterocycles. The fraction of sp³-hybridized carbons (Fsp3) is 0.304. The Kier molecular flexibility index (Phi) is 8.47. The highest BCUT2D eigenvalue weighted by Crippen LogP contribution is 2.38. The molecule has 0 N–H and O–H groups in total. The molecule has 0 atom stereocenters. The van der Waals surface area contributed by atoms with Gasteiger partial charge in [-0.05, 0) is 36.1 Å². The third-order valence-corrected chi connectivity index (χ3v) is 4.75. The molecule has 160 valence electrons. The van der Waals surface area contributed by atoms with E-state index in [2.05, 4.69) is 12.1 Å². The highest BCUT2D eigenvalue weighted by Gasteiger charge is 2.21. The van der Waals surface area contributed by atoms with Crippen LogP contribution < -0.4 is 35.8 Å². The van der Waals surface area contributed by atoms with Crippen LogP contribution in [0.5, 0.6) is 17.2 Å². The Balaban J connectivity index is 0.00000320. The highest BCUT2D eigenvalue weighted by molar-refractivity contribution is 5.83. The minimum atomic E-state index is -0.265. The molecule has 3 aromatic rings. The molecule has 0 unspecified atom stereocenters. The Labute approximate surface area is 187 Å². The summed E-state index contributed by atoms with van der Waals surface area (Å²) in [6, 6.07) is 14.0. The molecule has 2 aromatic carbocycles. The van der Waals surface area contributed by atoms with Crippen LogP contribution in [0.2, 0.25) is 0 Å². The Hall–Kier alpha value is -2.80. The number of benzene rings is 2. The summed E-state index contributed by atoms with van der Waals surface area (Å²) in [5, 5.41) is 2.18. The van der Waals surface area contributed by atoms with Crippen molar-refractivity contribution in [3.63, 3.8) is 0 Å². The quantitative estimate of drug-likeness (QED) is 0.346. The third kappa shape index (κ3) is 5.02. The van der Waals surface area contributed by atoms with Gasteiger partial charge in [-0.15, -0.1) is 0 Å². The normalized spacial score (nSPS) is 10.3. The molecular formula is C23H26BrNO5. The molecule has 1 heterocycles. The van der Waals surface area contributed by atoms with Crippen molar-refractivity contribution in [3.05, 3.63) is 59.9 Å². The van der Waals surface area contributed by atoms with Gasteiger partial charge < -0.3 is 35.9 Å². The number of fused-ring (bicyclic) bond motifs is 1. The number of hydrogen-bond donors (Lipinski definition) is 0. The summed E-state index contributed by atoms with van der Waals surface area (Å²) in [6.45, 7) is 2.31. The molecule has 3 rings (SSSR count). The van der Waals surface area contributed by atoms with E-state index < -0.39 is 0 Å². The predicted molar refractivity (Wildman–Crippen MR) is 110 cm³/mol. The van der Waals surface area contributed by atoms with Crippen molar-refractivity contribution in [2.75, 3.05) is 27.9 Å². The van der Waals surface area contributed by atoms with E-state index in [4.69, 9.17) is 18.9 Å². The van der Waals surface area contributed by atoms with Crippen LogP contribution in [0.4, 0.5) is 0 Å².